The molecule has 1 N–H and O–H groups in total. The third-order valence-corrected chi connectivity index (χ3v) is 3.55. The van der Waals surface area contributed by atoms with Crippen LogP contribution in [0.5, 0.6) is 0 Å². The Morgan fingerprint density at radius 3 is 2.65 bits per heavy atom. The van der Waals surface area contributed by atoms with Gasteiger partial charge in [-0.3, -0.25) is 0 Å². The van der Waals surface area contributed by atoms with Crippen molar-refractivity contribution in [2.75, 3.05) is 6.61 Å². The fourth-order valence-electron chi connectivity index (χ4n) is 2.45. The van der Waals surface area contributed by atoms with Crippen molar-refractivity contribution < 1.29 is 4.74 Å². The summed E-state index contributed by atoms with van der Waals surface area (Å²) >= 11 is 0. The molecule has 1 heterocycles. The smallest absolute Gasteiger partial charge is 0.0561 e. The van der Waals surface area contributed by atoms with Gasteiger partial charge in [0, 0.05) is 18.7 Å². The van der Waals surface area contributed by atoms with Crippen LogP contribution in [-0.2, 0) is 4.74 Å². The van der Waals surface area contributed by atoms with Crippen LogP contribution in [-0.4, -0.2) is 18.8 Å². The summed E-state index contributed by atoms with van der Waals surface area (Å²) in [6.07, 6.45) is 2.64. The molecule has 1 aliphatic heterocycles. The van der Waals surface area contributed by atoms with Crippen molar-refractivity contribution in [3.63, 3.8) is 0 Å². The van der Waals surface area contributed by atoms with E-state index in [2.05, 4.69) is 50.4 Å². The fraction of sp³-hybridized carbons (Fsp3) is 0.600. The van der Waals surface area contributed by atoms with Gasteiger partial charge in [0.05, 0.1) is 6.10 Å². The van der Waals surface area contributed by atoms with E-state index in [0.717, 1.165) is 19.4 Å². The Morgan fingerprint density at radius 2 is 2.00 bits per heavy atom. The summed E-state index contributed by atoms with van der Waals surface area (Å²) in [6.45, 7) is 7.41. The lowest BCUT2D eigenvalue weighted by atomic mass is 10.0. The minimum Gasteiger partial charge on any atom is -0.378 e. The number of aryl methyl sites for hydroxylation is 1. The van der Waals surface area contributed by atoms with E-state index in [-0.39, 0.29) is 0 Å². The van der Waals surface area contributed by atoms with Gasteiger partial charge < -0.3 is 10.1 Å². The Hall–Kier alpha value is -0.860. The molecule has 0 bridgehead atoms. The minimum absolute atomic E-state index is 0.395. The molecule has 3 atom stereocenters. The van der Waals surface area contributed by atoms with Crippen LogP contribution < -0.4 is 5.32 Å². The highest BCUT2D eigenvalue weighted by Gasteiger charge is 2.20. The molecule has 94 valence electrons. The lowest BCUT2D eigenvalue weighted by Crippen LogP contribution is -2.39. The van der Waals surface area contributed by atoms with Crippen LogP contribution in [0.3, 0.4) is 0 Å². The summed E-state index contributed by atoms with van der Waals surface area (Å²) in [4.78, 5) is 0. The Bertz CT molecular complexity index is 346. The minimum atomic E-state index is 0.395. The highest BCUT2D eigenvalue weighted by atomic mass is 16.5. The molecule has 2 rings (SSSR count). The SMILES string of the molecule is Cc1ccc([C@@H](C)NC2CCOC(C)C2)cc1. The Labute approximate surface area is 104 Å². The monoisotopic (exact) mass is 233 g/mol. The van der Waals surface area contributed by atoms with Gasteiger partial charge in [0.25, 0.3) is 0 Å². The predicted molar refractivity (Wildman–Crippen MR) is 71.2 cm³/mol. The maximum Gasteiger partial charge on any atom is 0.0561 e. The van der Waals surface area contributed by atoms with Crippen molar-refractivity contribution in [2.45, 2.75) is 51.8 Å². The zero-order valence-corrected chi connectivity index (χ0v) is 11.1. The molecule has 1 aliphatic rings. The summed E-state index contributed by atoms with van der Waals surface area (Å²) in [5.74, 6) is 0. The van der Waals surface area contributed by atoms with Gasteiger partial charge in [-0.15, -0.1) is 0 Å². The largest absolute Gasteiger partial charge is 0.378 e. The molecule has 1 aromatic rings. The van der Waals surface area contributed by atoms with Gasteiger partial charge in [0.2, 0.25) is 0 Å². The van der Waals surface area contributed by atoms with E-state index in [1.165, 1.54) is 11.1 Å². The number of hydrogen-bond donors (Lipinski definition) is 1. The molecule has 0 saturated carbocycles. The maximum absolute atomic E-state index is 5.57. The van der Waals surface area contributed by atoms with Crippen LogP contribution in [0.4, 0.5) is 0 Å². The summed E-state index contributed by atoms with van der Waals surface area (Å²) < 4.78 is 5.57. The van der Waals surface area contributed by atoms with Crippen LogP contribution in [0.2, 0.25) is 0 Å². The zero-order valence-electron chi connectivity index (χ0n) is 11.1. The summed E-state index contributed by atoms with van der Waals surface area (Å²) in [7, 11) is 0. The van der Waals surface area contributed by atoms with Crippen molar-refractivity contribution in [2.24, 2.45) is 0 Å². The quantitative estimate of drug-likeness (QED) is 0.865. The number of benzene rings is 1. The molecular formula is C15H23NO. The van der Waals surface area contributed by atoms with Crippen molar-refractivity contribution in [3.05, 3.63) is 35.4 Å². The summed E-state index contributed by atoms with van der Waals surface area (Å²) in [6, 6.07) is 9.81. The average Bonchev–Trinajstić information content (AvgIpc) is 2.29. The van der Waals surface area contributed by atoms with E-state index in [1.807, 2.05) is 0 Å². The second kappa shape index (κ2) is 5.65. The number of nitrogens with one attached hydrogen (secondary N) is 1. The van der Waals surface area contributed by atoms with Gasteiger partial charge >= 0.3 is 0 Å². The molecule has 0 amide bonds. The second-order valence-corrected chi connectivity index (χ2v) is 5.20. The highest BCUT2D eigenvalue weighted by molar-refractivity contribution is 5.23. The van der Waals surface area contributed by atoms with Crippen molar-refractivity contribution in [3.8, 4) is 0 Å². The third kappa shape index (κ3) is 3.55. The van der Waals surface area contributed by atoms with Crippen LogP contribution >= 0.6 is 0 Å². The molecule has 1 saturated heterocycles. The van der Waals surface area contributed by atoms with Crippen molar-refractivity contribution >= 4 is 0 Å². The van der Waals surface area contributed by atoms with Crippen LogP contribution in [0, 0.1) is 6.92 Å². The molecule has 17 heavy (non-hydrogen) atoms. The first-order valence-electron chi connectivity index (χ1n) is 6.59. The molecular weight excluding hydrogens is 210 g/mol. The summed E-state index contributed by atoms with van der Waals surface area (Å²) in [5.41, 5.74) is 2.69. The molecule has 1 fully saturated rings. The molecule has 2 unspecified atom stereocenters. The summed E-state index contributed by atoms with van der Waals surface area (Å²) in [5, 5.41) is 3.70. The molecule has 0 spiro atoms. The van der Waals surface area contributed by atoms with Crippen LogP contribution in [0.25, 0.3) is 0 Å². The Balaban J connectivity index is 1.91. The zero-order chi connectivity index (χ0) is 12.3. The molecule has 0 aromatic heterocycles. The van der Waals surface area contributed by atoms with E-state index in [4.69, 9.17) is 4.74 Å². The first-order chi connectivity index (χ1) is 8.15. The first-order valence-corrected chi connectivity index (χ1v) is 6.59. The molecule has 2 heteroatoms. The van der Waals surface area contributed by atoms with E-state index < -0.39 is 0 Å². The van der Waals surface area contributed by atoms with E-state index in [0.29, 0.717) is 18.2 Å². The predicted octanol–water partition coefficient (Wildman–Crippen LogP) is 3.21. The lowest BCUT2D eigenvalue weighted by molar-refractivity contribution is 0.0116. The van der Waals surface area contributed by atoms with Crippen LogP contribution in [0.15, 0.2) is 24.3 Å². The lowest BCUT2D eigenvalue weighted by Gasteiger charge is -2.30. The second-order valence-electron chi connectivity index (χ2n) is 5.20. The standard InChI is InChI=1S/C15H23NO/c1-11-4-6-14(7-5-11)13(3)16-15-8-9-17-12(2)10-15/h4-7,12-13,15-16H,8-10H2,1-3H3/t12?,13-,15?/m1/s1. The van der Waals surface area contributed by atoms with E-state index in [1.54, 1.807) is 0 Å². The molecule has 0 radical (unpaired) electrons. The van der Waals surface area contributed by atoms with E-state index in [9.17, 15) is 0 Å². The van der Waals surface area contributed by atoms with Gasteiger partial charge in [-0.2, -0.15) is 0 Å². The van der Waals surface area contributed by atoms with Gasteiger partial charge in [0.15, 0.2) is 0 Å². The maximum atomic E-state index is 5.57. The van der Waals surface area contributed by atoms with Gasteiger partial charge in [-0.25, -0.2) is 0 Å². The highest BCUT2D eigenvalue weighted by Crippen LogP contribution is 2.19. The van der Waals surface area contributed by atoms with Gasteiger partial charge in [0.1, 0.15) is 0 Å². The van der Waals surface area contributed by atoms with Crippen molar-refractivity contribution in [1.29, 1.82) is 0 Å². The normalized spacial score (nSPS) is 26.8. The van der Waals surface area contributed by atoms with Gasteiger partial charge in [-0.05, 0) is 39.2 Å². The molecule has 1 aromatic carbocycles. The Kier molecular flexibility index (Phi) is 4.19. The Morgan fingerprint density at radius 1 is 1.29 bits per heavy atom. The first kappa shape index (κ1) is 12.6. The third-order valence-electron chi connectivity index (χ3n) is 3.55. The van der Waals surface area contributed by atoms with Crippen LogP contribution in [0.1, 0.15) is 43.9 Å². The number of ether oxygens (including phenoxy) is 1. The molecule has 0 aliphatic carbocycles. The number of hydrogen-bond acceptors (Lipinski definition) is 2. The molecule has 2 nitrogen and oxygen atoms in total. The fourth-order valence-corrected chi connectivity index (χ4v) is 2.45. The number of rotatable bonds is 3. The topological polar surface area (TPSA) is 21.3 Å². The average molecular weight is 233 g/mol. The van der Waals surface area contributed by atoms with Gasteiger partial charge in [-0.1, -0.05) is 29.8 Å². The van der Waals surface area contributed by atoms with Crippen molar-refractivity contribution in [1.82, 2.24) is 5.32 Å². The van der Waals surface area contributed by atoms with E-state index >= 15 is 0 Å².